The van der Waals surface area contributed by atoms with Gasteiger partial charge in [-0.05, 0) is 44.5 Å². The first-order chi connectivity index (χ1) is 14.9. The molecule has 2 aromatic heterocycles. The number of aryl methyl sites for hydroxylation is 2. The topological polar surface area (TPSA) is 77.1 Å². The summed E-state index contributed by atoms with van der Waals surface area (Å²) < 4.78 is 5.09. The number of hydrogen-bond acceptors (Lipinski definition) is 3. The van der Waals surface area contributed by atoms with E-state index in [4.69, 9.17) is 0 Å². The largest absolute Gasteiger partial charge is 0.297 e. The van der Waals surface area contributed by atoms with Crippen LogP contribution in [-0.2, 0) is 13.6 Å². The third kappa shape index (κ3) is 3.70. The molecule has 31 heavy (non-hydrogen) atoms. The number of rotatable bonds is 4. The van der Waals surface area contributed by atoms with E-state index in [2.05, 4.69) is 10.1 Å². The number of aromatic amines is 1. The molecule has 4 rings (SSSR count). The molecule has 7 heteroatoms. The van der Waals surface area contributed by atoms with Gasteiger partial charge in [-0.1, -0.05) is 48.0 Å². The Morgan fingerprint density at radius 1 is 0.968 bits per heavy atom. The zero-order valence-electron chi connectivity index (χ0n) is 18.1. The normalized spacial score (nSPS) is 11.8. The van der Waals surface area contributed by atoms with E-state index in [1.54, 1.807) is 27.2 Å². The molecule has 0 aliphatic rings. The van der Waals surface area contributed by atoms with Crippen molar-refractivity contribution in [1.29, 1.82) is 0 Å². The average molecular weight is 415 g/mol. The summed E-state index contributed by atoms with van der Waals surface area (Å²) in [6, 6.07) is 19.2. The molecule has 1 N–H and O–H groups in total. The molecule has 4 aromatic rings. The Kier molecular flexibility index (Phi) is 5.33. The SMILES string of the molecule is CCn1[nH]c(=O)c(=Nc2c(C)n(C)n(-c3ccccc3)c2=O)cc1-c1ccc(C)cc1. The van der Waals surface area contributed by atoms with Crippen LogP contribution in [0.4, 0.5) is 5.69 Å². The van der Waals surface area contributed by atoms with Gasteiger partial charge in [0.2, 0.25) is 0 Å². The fourth-order valence-corrected chi connectivity index (χ4v) is 3.61. The van der Waals surface area contributed by atoms with E-state index < -0.39 is 0 Å². The van der Waals surface area contributed by atoms with Gasteiger partial charge in [0.15, 0.2) is 5.69 Å². The van der Waals surface area contributed by atoms with Crippen molar-refractivity contribution in [2.24, 2.45) is 12.0 Å². The van der Waals surface area contributed by atoms with Crippen LogP contribution in [0.5, 0.6) is 0 Å². The number of hydrogen-bond donors (Lipinski definition) is 1. The minimum Gasteiger partial charge on any atom is -0.285 e. The predicted octanol–water partition coefficient (Wildman–Crippen LogP) is 3.20. The minimum atomic E-state index is -0.341. The van der Waals surface area contributed by atoms with Crippen LogP contribution >= 0.6 is 0 Å². The molecule has 0 amide bonds. The summed E-state index contributed by atoms with van der Waals surface area (Å²) in [4.78, 5) is 30.4. The maximum atomic E-state index is 13.2. The maximum Gasteiger partial charge on any atom is 0.297 e. The van der Waals surface area contributed by atoms with Crippen LogP contribution in [0.2, 0.25) is 0 Å². The fourth-order valence-electron chi connectivity index (χ4n) is 3.61. The second kappa shape index (κ2) is 8.10. The zero-order valence-corrected chi connectivity index (χ0v) is 18.1. The van der Waals surface area contributed by atoms with Crippen molar-refractivity contribution in [3.8, 4) is 16.9 Å². The van der Waals surface area contributed by atoms with Gasteiger partial charge in [0, 0.05) is 13.6 Å². The molecule has 0 fully saturated rings. The van der Waals surface area contributed by atoms with Gasteiger partial charge < -0.3 is 0 Å². The molecule has 0 saturated carbocycles. The smallest absolute Gasteiger partial charge is 0.285 e. The summed E-state index contributed by atoms with van der Waals surface area (Å²) in [5.41, 5.74) is 4.01. The van der Waals surface area contributed by atoms with E-state index in [0.29, 0.717) is 12.2 Å². The van der Waals surface area contributed by atoms with Crippen molar-refractivity contribution >= 4 is 5.69 Å². The second-order valence-electron chi connectivity index (χ2n) is 7.49. The van der Waals surface area contributed by atoms with Gasteiger partial charge in [-0.15, -0.1) is 0 Å². The minimum absolute atomic E-state index is 0.200. The number of para-hydroxylation sites is 1. The molecule has 0 radical (unpaired) electrons. The molecule has 0 bridgehead atoms. The van der Waals surface area contributed by atoms with Gasteiger partial charge in [-0.2, -0.15) is 0 Å². The number of H-pyrrole nitrogens is 1. The molecule has 0 saturated heterocycles. The highest BCUT2D eigenvalue weighted by Gasteiger charge is 2.16. The molecule has 0 aliphatic heterocycles. The maximum absolute atomic E-state index is 13.2. The molecule has 158 valence electrons. The van der Waals surface area contributed by atoms with Crippen LogP contribution in [0, 0.1) is 13.8 Å². The number of benzene rings is 2. The van der Waals surface area contributed by atoms with E-state index in [1.807, 2.05) is 75.4 Å². The van der Waals surface area contributed by atoms with Gasteiger partial charge in [0.1, 0.15) is 5.36 Å². The van der Waals surface area contributed by atoms with Crippen molar-refractivity contribution in [3.63, 3.8) is 0 Å². The lowest BCUT2D eigenvalue weighted by Crippen LogP contribution is -2.32. The fraction of sp³-hybridized carbons (Fsp3) is 0.208. The van der Waals surface area contributed by atoms with E-state index in [9.17, 15) is 9.59 Å². The highest BCUT2D eigenvalue weighted by Crippen LogP contribution is 2.18. The first kappa shape index (κ1) is 20.4. The summed E-state index contributed by atoms with van der Waals surface area (Å²) in [5, 5.41) is 3.07. The summed E-state index contributed by atoms with van der Waals surface area (Å²) in [6.45, 7) is 6.42. The zero-order chi connectivity index (χ0) is 22.1. The third-order valence-corrected chi connectivity index (χ3v) is 5.45. The number of nitrogens with one attached hydrogen (secondary N) is 1. The molecule has 7 nitrogen and oxygen atoms in total. The van der Waals surface area contributed by atoms with Crippen molar-refractivity contribution in [2.75, 3.05) is 0 Å². The molecular weight excluding hydrogens is 390 g/mol. The van der Waals surface area contributed by atoms with Crippen molar-refractivity contribution in [1.82, 2.24) is 19.1 Å². The van der Waals surface area contributed by atoms with Gasteiger partial charge in [0.25, 0.3) is 11.1 Å². The lowest BCUT2D eigenvalue weighted by atomic mass is 10.1. The summed E-state index contributed by atoms with van der Waals surface area (Å²) >= 11 is 0. The molecule has 2 heterocycles. The van der Waals surface area contributed by atoms with Crippen LogP contribution < -0.4 is 16.5 Å². The van der Waals surface area contributed by atoms with Crippen LogP contribution in [0.1, 0.15) is 18.2 Å². The third-order valence-electron chi connectivity index (χ3n) is 5.45. The molecular formula is C24H25N5O2. The number of aromatic nitrogens is 4. The van der Waals surface area contributed by atoms with E-state index >= 15 is 0 Å². The van der Waals surface area contributed by atoms with Gasteiger partial charge in [-0.3, -0.25) is 24.1 Å². The molecule has 0 aliphatic carbocycles. The quantitative estimate of drug-likeness (QED) is 0.556. The van der Waals surface area contributed by atoms with Gasteiger partial charge in [0.05, 0.1) is 17.1 Å². The first-order valence-electron chi connectivity index (χ1n) is 10.2. The van der Waals surface area contributed by atoms with Crippen molar-refractivity contribution < 1.29 is 0 Å². The van der Waals surface area contributed by atoms with E-state index in [1.165, 1.54) is 0 Å². The van der Waals surface area contributed by atoms with Crippen LogP contribution in [-0.4, -0.2) is 19.1 Å². The van der Waals surface area contributed by atoms with Gasteiger partial charge in [-0.25, -0.2) is 9.67 Å². The summed E-state index contributed by atoms with van der Waals surface area (Å²) in [7, 11) is 1.81. The Bertz CT molecular complexity index is 1420. The Labute approximate surface area is 179 Å². The molecule has 0 atom stereocenters. The Hall–Kier alpha value is -3.87. The monoisotopic (exact) mass is 415 g/mol. The van der Waals surface area contributed by atoms with Crippen molar-refractivity contribution in [3.05, 3.63) is 98.0 Å². The van der Waals surface area contributed by atoms with E-state index in [-0.39, 0.29) is 22.2 Å². The second-order valence-corrected chi connectivity index (χ2v) is 7.49. The molecule has 0 unspecified atom stereocenters. The Morgan fingerprint density at radius 2 is 1.65 bits per heavy atom. The highest BCUT2D eigenvalue weighted by atomic mass is 16.1. The van der Waals surface area contributed by atoms with Crippen LogP contribution in [0.15, 0.2) is 75.2 Å². The molecule has 0 spiro atoms. The highest BCUT2D eigenvalue weighted by molar-refractivity contribution is 5.59. The summed E-state index contributed by atoms with van der Waals surface area (Å²) in [5.74, 6) is 0. The van der Waals surface area contributed by atoms with Crippen molar-refractivity contribution in [2.45, 2.75) is 27.3 Å². The lowest BCUT2D eigenvalue weighted by molar-refractivity contribution is 0.630. The van der Waals surface area contributed by atoms with Crippen LogP contribution in [0.3, 0.4) is 0 Å². The first-order valence-corrected chi connectivity index (χ1v) is 10.2. The standard InChI is InChI=1S/C24H25N5O2/c1-5-28-21(18-13-11-16(2)12-14-18)15-20(23(30)26-28)25-22-17(3)27(4)29(24(22)31)19-9-7-6-8-10-19/h6-15H,5H2,1-4H3,(H,26,30). The lowest BCUT2D eigenvalue weighted by Gasteiger charge is -2.11. The number of nitrogens with zero attached hydrogens (tertiary/aromatic N) is 4. The molecule has 2 aromatic carbocycles. The Balaban J connectivity index is 1.94. The summed E-state index contributed by atoms with van der Waals surface area (Å²) in [6.07, 6.45) is 0. The van der Waals surface area contributed by atoms with E-state index in [0.717, 1.165) is 22.5 Å². The predicted molar refractivity (Wildman–Crippen MR) is 122 cm³/mol. The van der Waals surface area contributed by atoms with Crippen LogP contribution in [0.25, 0.3) is 16.9 Å². The van der Waals surface area contributed by atoms with Gasteiger partial charge >= 0.3 is 0 Å². The Morgan fingerprint density at radius 3 is 2.29 bits per heavy atom. The average Bonchev–Trinajstić information content (AvgIpc) is 2.99.